The smallest absolute Gasteiger partial charge is 0.129 e. The normalized spacial score (nSPS) is 12.3. The summed E-state index contributed by atoms with van der Waals surface area (Å²) in [6.45, 7) is 0. The van der Waals surface area contributed by atoms with Gasteiger partial charge in [-0.15, -0.1) is 0 Å². The number of H-pyrrole nitrogens is 1. The highest BCUT2D eigenvalue weighted by Crippen LogP contribution is 2.30. The van der Waals surface area contributed by atoms with Crippen LogP contribution in [0.25, 0.3) is 11.3 Å². The van der Waals surface area contributed by atoms with Crippen molar-refractivity contribution in [3.8, 4) is 11.3 Å². The lowest BCUT2D eigenvalue weighted by molar-refractivity contribution is 0.215. The number of nitrogens with zero attached hydrogens (tertiary/aromatic N) is 1. The standard InChI is InChI=1S/C16H13FN2O/c17-14-9-5-4-8-12(14)16(20)13-10-18-19-15(13)11-6-2-1-3-7-11/h1-10,16,20H,(H,18,19). The molecule has 1 atom stereocenters. The van der Waals surface area contributed by atoms with Gasteiger partial charge < -0.3 is 5.11 Å². The summed E-state index contributed by atoms with van der Waals surface area (Å²) >= 11 is 0. The fourth-order valence-corrected chi connectivity index (χ4v) is 2.20. The predicted molar refractivity (Wildman–Crippen MR) is 74.5 cm³/mol. The molecule has 3 nitrogen and oxygen atoms in total. The fraction of sp³-hybridized carbons (Fsp3) is 0.0625. The van der Waals surface area contributed by atoms with E-state index in [0.29, 0.717) is 11.3 Å². The van der Waals surface area contributed by atoms with Gasteiger partial charge in [0.2, 0.25) is 0 Å². The van der Waals surface area contributed by atoms with Crippen molar-refractivity contribution >= 4 is 0 Å². The lowest BCUT2D eigenvalue weighted by atomic mass is 9.98. The molecule has 0 radical (unpaired) electrons. The molecule has 0 saturated heterocycles. The molecule has 0 fully saturated rings. The molecule has 2 aromatic carbocycles. The van der Waals surface area contributed by atoms with Crippen LogP contribution in [0.15, 0.2) is 60.8 Å². The molecule has 0 aliphatic rings. The molecule has 0 spiro atoms. The topological polar surface area (TPSA) is 48.9 Å². The van der Waals surface area contributed by atoms with Gasteiger partial charge >= 0.3 is 0 Å². The Hall–Kier alpha value is -2.46. The van der Waals surface area contributed by atoms with Gasteiger partial charge in [0.05, 0.1) is 11.9 Å². The molecule has 0 amide bonds. The summed E-state index contributed by atoms with van der Waals surface area (Å²) in [4.78, 5) is 0. The van der Waals surface area contributed by atoms with Gasteiger partial charge in [-0.25, -0.2) is 4.39 Å². The first kappa shape index (κ1) is 12.6. The van der Waals surface area contributed by atoms with Crippen LogP contribution in [0.5, 0.6) is 0 Å². The molecule has 3 rings (SSSR count). The minimum Gasteiger partial charge on any atom is -0.383 e. The van der Waals surface area contributed by atoms with Crippen molar-refractivity contribution in [3.05, 3.63) is 77.7 Å². The van der Waals surface area contributed by atoms with Crippen molar-refractivity contribution in [1.29, 1.82) is 0 Å². The van der Waals surface area contributed by atoms with Crippen LogP contribution in [0.4, 0.5) is 4.39 Å². The summed E-state index contributed by atoms with van der Waals surface area (Å²) < 4.78 is 13.8. The van der Waals surface area contributed by atoms with Gasteiger partial charge in [0.1, 0.15) is 11.9 Å². The molecule has 20 heavy (non-hydrogen) atoms. The van der Waals surface area contributed by atoms with Gasteiger partial charge in [-0.1, -0.05) is 48.5 Å². The Kier molecular flexibility index (Phi) is 3.31. The SMILES string of the molecule is OC(c1ccccc1F)c1cn[nH]c1-c1ccccc1. The summed E-state index contributed by atoms with van der Waals surface area (Å²) in [6.07, 6.45) is 0.476. The highest BCUT2D eigenvalue weighted by atomic mass is 19.1. The maximum Gasteiger partial charge on any atom is 0.129 e. The van der Waals surface area contributed by atoms with E-state index in [2.05, 4.69) is 10.2 Å². The van der Waals surface area contributed by atoms with E-state index in [1.165, 1.54) is 12.3 Å². The zero-order valence-corrected chi connectivity index (χ0v) is 10.6. The van der Waals surface area contributed by atoms with Crippen molar-refractivity contribution in [1.82, 2.24) is 10.2 Å². The largest absolute Gasteiger partial charge is 0.383 e. The number of nitrogens with one attached hydrogen (secondary N) is 1. The summed E-state index contributed by atoms with van der Waals surface area (Å²) in [5.41, 5.74) is 2.39. The first-order valence-corrected chi connectivity index (χ1v) is 6.28. The van der Waals surface area contributed by atoms with E-state index in [1.807, 2.05) is 30.3 Å². The van der Waals surface area contributed by atoms with E-state index in [4.69, 9.17) is 0 Å². The number of rotatable bonds is 3. The van der Waals surface area contributed by atoms with Crippen LogP contribution in [0.3, 0.4) is 0 Å². The summed E-state index contributed by atoms with van der Waals surface area (Å²) in [7, 11) is 0. The van der Waals surface area contributed by atoms with Crippen molar-refractivity contribution in [2.24, 2.45) is 0 Å². The van der Waals surface area contributed by atoms with Gasteiger partial charge in [-0.05, 0) is 11.6 Å². The number of hydrogen-bond donors (Lipinski definition) is 2. The first-order chi connectivity index (χ1) is 9.77. The molecule has 100 valence electrons. The van der Waals surface area contributed by atoms with Crippen LogP contribution in [0, 0.1) is 5.82 Å². The van der Waals surface area contributed by atoms with Crippen LogP contribution in [-0.2, 0) is 0 Å². The Balaban J connectivity index is 2.04. The Morgan fingerprint density at radius 1 is 0.950 bits per heavy atom. The van der Waals surface area contributed by atoms with Gasteiger partial charge in [0.15, 0.2) is 0 Å². The molecule has 1 heterocycles. The third kappa shape index (κ3) is 2.21. The molecular weight excluding hydrogens is 255 g/mol. The number of aliphatic hydroxyl groups is 1. The quantitative estimate of drug-likeness (QED) is 0.765. The van der Waals surface area contributed by atoms with Crippen molar-refractivity contribution in [2.75, 3.05) is 0 Å². The number of aliphatic hydroxyl groups excluding tert-OH is 1. The maximum atomic E-state index is 13.8. The summed E-state index contributed by atoms with van der Waals surface area (Å²) in [5, 5.41) is 17.2. The Morgan fingerprint density at radius 2 is 1.65 bits per heavy atom. The number of aromatic amines is 1. The molecule has 4 heteroatoms. The van der Waals surface area contributed by atoms with Gasteiger partial charge in [0.25, 0.3) is 0 Å². The van der Waals surface area contributed by atoms with Crippen LogP contribution < -0.4 is 0 Å². The van der Waals surface area contributed by atoms with E-state index in [1.54, 1.807) is 18.2 Å². The highest BCUT2D eigenvalue weighted by molar-refractivity contribution is 5.63. The molecule has 1 unspecified atom stereocenters. The molecule has 0 bridgehead atoms. The average Bonchev–Trinajstić information content (AvgIpc) is 2.97. The zero-order chi connectivity index (χ0) is 13.9. The predicted octanol–water partition coefficient (Wildman–Crippen LogP) is 3.30. The first-order valence-electron chi connectivity index (χ1n) is 6.28. The van der Waals surface area contributed by atoms with Gasteiger partial charge in [0, 0.05) is 11.1 Å². The monoisotopic (exact) mass is 268 g/mol. The molecule has 0 saturated carbocycles. The summed E-state index contributed by atoms with van der Waals surface area (Å²) in [5.74, 6) is -0.430. The second-order valence-corrected chi connectivity index (χ2v) is 4.49. The number of aromatic nitrogens is 2. The highest BCUT2D eigenvalue weighted by Gasteiger charge is 2.20. The summed E-state index contributed by atoms with van der Waals surface area (Å²) in [6, 6.07) is 15.7. The number of halogens is 1. The third-order valence-electron chi connectivity index (χ3n) is 3.23. The Bertz CT molecular complexity index is 709. The van der Waals surface area contributed by atoms with Gasteiger partial charge in [-0.2, -0.15) is 5.10 Å². The Labute approximate surface area is 115 Å². The van der Waals surface area contributed by atoms with Crippen LogP contribution in [0.2, 0.25) is 0 Å². The lowest BCUT2D eigenvalue weighted by Gasteiger charge is -2.12. The van der Waals surface area contributed by atoms with Crippen LogP contribution in [-0.4, -0.2) is 15.3 Å². The second-order valence-electron chi connectivity index (χ2n) is 4.49. The van der Waals surface area contributed by atoms with Crippen LogP contribution in [0.1, 0.15) is 17.2 Å². The molecular formula is C16H13FN2O. The molecule has 0 aliphatic heterocycles. The minimum absolute atomic E-state index is 0.242. The molecule has 0 aliphatic carbocycles. The van der Waals surface area contributed by atoms with Crippen molar-refractivity contribution < 1.29 is 9.50 Å². The zero-order valence-electron chi connectivity index (χ0n) is 10.6. The van der Waals surface area contributed by atoms with Crippen molar-refractivity contribution in [3.63, 3.8) is 0 Å². The number of hydrogen-bond acceptors (Lipinski definition) is 2. The van der Waals surface area contributed by atoms with E-state index in [-0.39, 0.29) is 5.56 Å². The van der Waals surface area contributed by atoms with Gasteiger partial charge in [-0.3, -0.25) is 5.10 Å². The van der Waals surface area contributed by atoms with E-state index in [9.17, 15) is 9.50 Å². The Morgan fingerprint density at radius 3 is 2.40 bits per heavy atom. The molecule has 1 aromatic heterocycles. The van der Waals surface area contributed by atoms with E-state index in [0.717, 1.165) is 5.56 Å². The number of benzene rings is 2. The second kappa shape index (κ2) is 5.27. The van der Waals surface area contributed by atoms with Crippen molar-refractivity contribution in [2.45, 2.75) is 6.10 Å². The minimum atomic E-state index is -1.05. The molecule has 3 aromatic rings. The lowest BCUT2D eigenvalue weighted by Crippen LogP contribution is -2.02. The molecule has 2 N–H and O–H groups in total. The maximum absolute atomic E-state index is 13.8. The third-order valence-corrected chi connectivity index (χ3v) is 3.23. The van der Waals surface area contributed by atoms with E-state index >= 15 is 0 Å². The van der Waals surface area contributed by atoms with Crippen LogP contribution >= 0.6 is 0 Å². The fourth-order valence-electron chi connectivity index (χ4n) is 2.20. The average molecular weight is 268 g/mol. The van der Waals surface area contributed by atoms with E-state index < -0.39 is 11.9 Å².